The first-order chi connectivity index (χ1) is 9.22. The number of nitrogens with zero attached hydrogens (tertiary/aromatic N) is 1. The molecule has 1 aromatic heterocycles. The summed E-state index contributed by atoms with van der Waals surface area (Å²) in [7, 11) is 0. The van der Waals surface area contributed by atoms with Crippen molar-refractivity contribution < 1.29 is 9.50 Å². The number of fused-ring (bicyclic) bond motifs is 1. The molecule has 0 aliphatic heterocycles. The Morgan fingerprint density at radius 3 is 3.16 bits per heavy atom. The van der Waals surface area contributed by atoms with Crippen LogP contribution >= 0.6 is 23.1 Å². The zero-order valence-corrected chi connectivity index (χ0v) is 11.9. The number of thiazole rings is 1. The third kappa shape index (κ3) is 2.99. The van der Waals surface area contributed by atoms with E-state index in [-0.39, 0.29) is 11.9 Å². The van der Waals surface area contributed by atoms with Crippen molar-refractivity contribution >= 4 is 23.1 Å². The van der Waals surface area contributed by atoms with Gasteiger partial charge in [0.1, 0.15) is 10.8 Å². The highest BCUT2D eigenvalue weighted by atomic mass is 32.2. The molecule has 1 atom stereocenters. The van der Waals surface area contributed by atoms with Crippen molar-refractivity contribution in [3.05, 3.63) is 45.7 Å². The Morgan fingerprint density at radius 1 is 1.47 bits per heavy atom. The molecule has 0 fully saturated rings. The smallest absolute Gasteiger partial charge is 0.124 e. The highest BCUT2D eigenvalue weighted by molar-refractivity contribution is 7.98. The van der Waals surface area contributed by atoms with E-state index < -0.39 is 0 Å². The van der Waals surface area contributed by atoms with Gasteiger partial charge in [-0.1, -0.05) is 6.07 Å². The summed E-state index contributed by atoms with van der Waals surface area (Å²) < 4.78 is 13.1. The van der Waals surface area contributed by atoms with Crippen LogP contribution in [0.1, 0.15) is 34.5 Å². The van der Waals surface area contributed by atoms with E-state index in [2.05, 4.69) is 4.98 Å². The standard InChI is InChI=1S/C14H14FNOS2/c15-9-3-1-4-10(7-9)18-8-13-16-11-5-2-6-12(17)14(11)19-13/h1,3-4,7,12,17H,2,5-6,8H2. The fourth-order valence-electron chi connectivity index (χ4n) is 2.21. The van der Waals surface area contributed by atoms with Gasteiger partial charge in [-0.3, -0.25) is 0 Å². The molecule has 0 saturated heterocycles. The number of aryl methyl sites for hydroxylation is 1. The van der Waals surface area contributed by atoms with Gasteiger partial charge in [0.15, 0.2) is 0 Å². The third-order valence-electron chi connectivity index (χ3n) is 3.12. The topological polar surface area (TPSA) is 33.1 Å². The summed E-state index contributed by atoms with van der Waals surface area (Å²) in [4.78, 5) is 6.52. The fourth-order valence-corrected chi connectivity index (χ4v) is 4.28. The molecule has 0 spiro atoms. The number of thioether (sulfide) groups is 1. The minimum Gasteiger partial charge on any atom is -0.388 e. The second-order valence-electron chi connectivity index (χ2n) is 4.57. The molecule has 1 aliphatic rings. The van der Waals surface area contributed by atoms with E-state index in [1.54, 1.807) is 29.2 Å². The maximum atomic E-state index is 13.1. The van der Waals surface area contributed by atoms with Crippen molar-refractivity contribution in [3.8, 4) is 0 Å². The SMILES string of the molecule is OC1CCCc2nc(CSc3cccc(F)c3)sc21. The molecule has 1 aromatic carbocycles. The van der Waals surface area contributed by atoms with Crippen molar-refractivity contribution in [2.45, 2.75) is 36.0 Å². The lowest BCUT2D eigenvalue weighted by atomic mass is 10.0. The molecule has 19 heavy (non-hydrogen) atoms. The minimum absolute atomic E-state index is 0.209. The van der Waals surface area contributed by atoms with Gasteiger partial charge in [-0.2, -0.15) is 0 Å². The van der Waals surface area contributed by atoms with E-state index in [9.17, 15) is 9.50 Å². The number of aliphatic hydroxyl groups is 1. The summed E-state index contributed by atoms with van der Waals surface area (Å²) in [5.74, 6) is 0.521. The number of benzene rings is 1. The van der Waals surface area contributed by atoms with Crippen LogP contribution in [0.2, 0.25) is 0 Å². The molecule has 2 aromatic rings. The lowest BCUT2D eigenvalue weighted by Gasteiger charge is -2.14. The molecule has 0 bridgehead atoms. The van der Waals surface area contributed by atoms with Gasteiger partial charge >= 0.3 is 0 Å². The first kappa shape index (κ1) is 13.1. The molecule has 0 saturated carbocycles. The number of aromatic nitrogens is 1. The van der Waals surface area contributed by atoms with Gasteiger partial charge in [0.05, 0.1) is 22.4 Å². The third-order valence-corrected chi connectivity index (χ3v) is 5.51. The van der Waals surface area contributed by atoms with Gasteiger partial charge in [-0.15, -0.1) is 23.1 Å². The average molecular weight is 295 g/mol. The van der Waals surface area contributed by atoms with E-state index in [1.165, 1.54) is 12.1 Å². The summed E-state index contributed by atoms with van der Waals surface area (Å²) >= 11 is 3.17. The van der Waals surface area contributed by atoms with E-state index in [0.29, 0.717) is 0 Å². The summed E-state index contributed by atoms with van der Waals surface area (Å²) in [5, 5.41) is 10.9. The maximum absolute atomic E-state index is 13.1. The van der Waals surface area contributed by atoms with E-state index in [4.69, 9.17) is 0 Å². The van der Waals surface area contributed by atoms with Crippen LogP contribution in [0.25, 0.3) is 0 Å². The highest BCUT2D eigenvalue weighted by Gasteiger charge is 2.22. The summed E-state index contributed by atoms with van der Waals surface area (Å²) in [6, 6.07) is 6.60. The Hall–Kier alpha value is -0.910. The number of rotatable bonds is 3. The van der Waals surface area contributed by atoms with Crippen LogP contribution < -0.4 is 0 Å². The number of hydrogen-bond donors (Lipinski definition) is 1. The van der Waals surface area contributed by atoms with Gasteiger partial charge in [0, 0.05) is 4.90 Å². The lowest BCUT2D eigenvalue weighted by Crippen LogP contribution is -2.06. The molecular formula is C14H14FNOS2. The minimum atomic E-state index is -0.339. The Kier molecular flexibility index (Phi) is 3.86. The van der Waals surface area contributed by atoms with Crippen LogP contribution in [0.3, 0.4) is 0 Å². The van der Waals surface area contributed by atoms with Crippen molar-refractivity contribution in [3.63, 3.8) is 0 Å². The molecule has 2 nitrogen and oxygen atoms in total. The Labute approximate surface area is 119 Å². The number of aliphatic hydroxyl groups excluding tert-OH is 1. The average Bonchev–Trinajstić information content (AvgIpc) is 2.81. The van der Waals surface area contributed by atoms with Gasteiger partial charge < -0.3 is 5.11 Å². The summed E-state index contributed by atoms with van der Waals surface area (Å²) in [5.41, 5.74) is 1.05. The van der Waals surface area contributed by atoms with Gasteiger partial charge in [0.25, 0.3) is 0 Å². The van der Waals surface area contributed by atoms with E-state index >= 15 is 0 Å². The monoisotopic (exact) mass is 295 g/mol. The van der Waals surface area contributed by atoms with Crippen LogP contribution in [0.15, 0.2) is 29.2 Å². The fraction of sp³-hybridized carbons (Fsp3) is 0.357. The molecule has 3 rings (SSSR count). The van der Waals surface area contributed by atoms with E-state index in [1.807, 2.05) is 6.07 Å². The molecule has 1 N–H and O–H groups in total. The normalized spacial score (nSPS) is 18.3. The summed E-state index contributed by atoms with van der Waals surface area (Å²) in [6.07, 6.45) is 2.47. The van der Waals surface area contributed by atoms with Crippen molar-refractivity contribution in [2.24, 2.45) is 0 Å². The summed E-state index contributed by atoms with van der Waals surface area (Å²) in [6.45, 7) is 0. The Balaban J connectivity index is 1.71. The maximum Gasteiger partial charge on any atom is 0.124 e. The van der Waals surface area contributed by atoms with Crippen molar-refractivity contribution in [1.82, 2.24) is 4.98 Å². The van der Waals surface area contributed by atoms with Crippen LogP contribution in [-0.4, -0.2) is 10.1 Å². The highest BCUT2D eigenvalue weighted by Crippen LogP contribution is 2.36. The molecule has 1 unspecified atom stereocenters. The van der Waals surface area contributed by atoms with Crippen molar-refractivity contribution in [1.29, 1.82) is 0 Å². The van der Waals surface area contributed by atoms with Gasteiger partial charge in [-0.05, 0) is 37.5 Å². The molecule has 1 aliphatic carbocycles. The Morgan fingerprint density at radius 2 is 2.37 bits per heavy atom. The van der Waals surface area contributed by atoms with Crippen LogP contribution in [0, 0.1) is 5.82 Å². The van der Waals surface area contributed by atoms with Crippen LogP contribution in [-0.2, 0) is 12.2 Å². The van der Waals surface area contributed by atoms with Crippen LogP contribution in [0.4, 0.5) is 4.39 Å². The molecule has 0 amide bonds. The van der Waals surface area contributed by atoms with Gasteiger partial charge in [0.2, 0.25) is 0 Å². The first-order valence-electron chi connectivity index (χ1n) is 6.27. The number of halogens is 1. The molecule has 100 valence electrons. The first-order valence-corrected chi connectivity index (χ1v) is 8.07. The molecule has 5 heteroatoms. The van der Waals surface area contributed by atoms with E-state index in [0.717, 1.165) is 45.5 Å². The molecular weight excluding hydrogens is 281 g/mol. The van der Waals surface area contributed by atoms with Crippen molar-refractivity contribution in [2.75, 3.05) is 0 Å². The molecule has 1 heterocycles. The zero-order valence-electron chi connectivity index (χ0n) is 10.3. The Bertz CT molecular complexity index is 585. The number of hydrogen-bond acceptors (Lipinski definition) is 4. The zero-order chi connectivity index (χ0) is 13.2. The molecule has 0 radical (unpaired) electrons. The van der Waals surface area contributed by atoms with Gasteiger partial charge in [-0.25, -0.2) is 9.37 Å². The largest absolute Gasteiger partial charge is 0.388 e. The second kappa shape index (κ2) is 5.61. The lowest BCUT2D eigenvalue weighted by molar-refractivity contribution is 0.160. The quantitative estimate of drug-likeness (QED) is 0.871. The second-order valence-corrected chi connectivity index (χ2v) is 6.74. The predicted octanol–water partition coefficient (Wildman–Crippen LogP) is 3.94. The van der Waals surface area contributed by atoms with Crippen LogP contribution in [0.5, 0.6) is 0 Å². The predicted molar refractivity (Wildman–Crippen MR) is 76.0 cm³/mol.